The van der Waals surface area contributed by atoms with Crippen LogP contribution in [-0.2, 0) is 0 Å². The number of hydrogen-bond acceptors (Lipinski definition) is 3. The molecule has 0 heterocycles. The van der Waals surface area contributed by atoms with E-state index in [0.717, 1.165) is 10.8 Å². The highest BCUT2D eigenvalue weighted by Gasteiger charge is 2.07. The fourth-order valence-electron chi connectivity index (χ4n) is 1.97. The standard InChI is InChI=1S/C17H12O2.H3N/c18-17(14-7-2-1-3-8-14)19-16-11-10-13-6-4-5-9-15(13)12-16;/h1-12H;1H3. The van der Waals surface area contributed by atoms with Crippen molar-refractivity contribution in [1.29, 1.82) is 0 Å². The summed E-state index contributed by atoms with van der Waals surface area (Å²) in [7, 11) is 0. The second kappa shape index (κ2) is 5.99. The molecule has 3 aromatic rings. The maximum atomic E-state index is 11.9. The van der Waals surface area contributed by atoms with E-state index in [1.54, 1.807) is 12.1 Å². The quantitative estimate of drug-likeness (QED) is 0.557. The molecule has 0 spiro atoms. The van der Waals surface area contributed by atoms with Gasteiger partial charge in [0.1, 0.15) is 5.75 Å². The van der Waals surface area contributed by atoms with Crippen LogP contribution in [0.5, 0.6) is 5.75 Å². The summed E-state index contributed by atoms with van der Waals surface area (Å²) in [6.45, 7) is 0. The van der Waals surface area contributed by atoms with Crippen LogP contribution < -0.4 is 10.9 Å². The van der Waals surface area contributed by atoms with Gasteiger partial charge in [-0.15, -0.1) is 0 Å². The van der Waals surface area contributed by atoms with Gasteiger partial charge in [0, 0.05) is 0 Å². The predicted octanol–water partition coefficient (Wildman–Crippen LogP) is 4.22. The maximum Gasteiger partial charge on any atom is 0.343 e. The molecule has 3 heteroatoms. The summed E-state index contributed by atoms with van der Waals surface area (Å²) in [6.07, 6.45) is 0. The van der Waals surface area contributed by atoms with Crippen LogP contribution in [0, 0.1) is 0 Å². The summed E-state index contributed by atoms with van der Waals surface area (Å²) in [5, 5.41) is 2.18. The van der Waals surface area contributed by atoms with E-state index >= 15 is 0 Å². The number of fused-ring (bicyclic) bond motifs is 1. The molecule has 0 aliphatic carbocycles. The Kier molecular flexibility index (Phi) is 4.13. The first-order valence-corrected chi connectivity index (χ1v) is 6.09. The molecule has 3 N–H and O–H groups in total. The van der Waals surface area contributed by atoms with Crippen LogP contribution in [0.2, 0.25) is 0 Å². The molecule has 0 atom stereocenters. The molecule has 3 aromatic carbocycles. The van der Waals surface area contributed by atoms with Crippen LogP contribution >= 0.6 is 0 Å². The first-order chi connectivity index (χ1) is 9.33. The van der Waals surface area contributed by atoms with Crippen molar-refractivity contribution in [2.45, 2.75) is 0 Å². The number of esters is 1. The zero-order valence-corrected chi connectivity index (χ0v) is 11.0. The lowest BCUT2D eigenvalue weighted by atomic mass is 10.1. The normalized spacial score (nSPS) is 9.80. The Morgan fingerprint density at radius 2 is 1.40 bits per heavy atom. The molecule has 100 valence electrons. The SMILES string of the molecule is N.O=C(Oc1ccc2ccccc2c1)c1ccccc1. The van der Waals surface area contributed by atoms with Crippen molar-refractivity contribution in [3.8, 4) is 5.75 Å². The molecule has 0 unspecified atom stereocenters. The monoisotopic (exact) mass is 265 g/mol. The van der Waals surface area contributed by atoms with E-state index < -0.39 is 0 Å². The van der Waals surface area contributed by atoms with Gasteiger partial charge in [0.2, 0.25) is 0 Å². The Balaban J connectivity index is 0.00000147. The Morgan fingerprint density at radius 1 is 0.750 bits per heavy atom. The van der Waals surface area contributed by atoms with E-state index in [-0.39, 0.29) is 12.1 Å². The molecule has 0 aliphatic heterocycles. The Morgan fingerprint density at radius 3 is 2.15 bits per heavy atom. The summed E-state index contributed by atoms with van der Waals surface area (Å²) in [5.74, 6) is 0.225. The van der Waals surface area contributed by atoms with Crippen LogP contribution in [0.3, 0.4) is 0 Å². The van der Waals surface area contributed by atoms with Crippen molar-refractivity contribution in [2.24, 2.45) is 0 Å². The van der Waals surface area contributed by atoms with Gasteiger partial charge in [-0.05, 0) is 35.0 Å². The molecule has 0 fully saturated rings. The molecular formula is C17H15NO2. The highest BCUT2D eigenvalue weighted by Crippen LogP contribution is 2.21. The van der Waals surface area contributed by atoms with Gasteiger partial charge in [0.15, 0.2) is 0 Å². The molecule has 0 aromatic heterocycles. The maximum absolute atomic E-state index is 11.9. The zero-order chi connectivity index (χ0) is 13.1. The van der Waals surface area contributed by atoms with Gasteiger partial charge < -0.3 is 10.9 Å². The number of carbonyl (C=O) groups is 1. The average molecular weight is 265 g/mol. The largest absolute Gasteiger partial charge is 0.423 e. The number of rotatable bonds is 2. The van der Waals surface area contributed by atoms with Crippen molar-refractivity contribution in [3.05, 3.63) is 78.4 Å². The first-order valence-electron chi connectivity index (χ1n) is 6.09. The summed E-state index contributed by atoms with van der Waals surface area (Å²) in [5.41, 5.74) is 0.552. The topological polar surface area (TPSA) is 61.3 Å². The van der Waals surface area contributed by atoms with Crippen LogP contribution in [0.15, 0.2) is 72.8 Å². The van der Waals surface area contributed by atoms with Gasteiger partial charge in [0.05, 0.1) is 5.56 Å². The van der Waals surface area contributed by atoms with Crippen molar-refractivity contribution >= 4 is 16.7 Å². The molecule has 3 rings (SSSR count). The molecule has 0 bridgehead atoms. The van der Waals surface area contributed by atoms with Gasteiger partial charge >= 0.3 is 5.97 Å². The van der Waals surface area contributed by atoms with Crippen molar-refractivity contribution in [3.63, 3.8) is 0 Å². The third-order valence-electron chi connectivity index (χ3n) is 2.94. The molecule has 20 heavy (non-hydrogen) atoms. The molecular weight excluding hydrogens is 250 g/mol. The van der Waals surface area contributed by atoms with Crippen molar-refractivity contribution < 1.29 is 9.53 Å². The molecule has 0 saturated heterocycles. The predicted molar refractivity (Wildman–Crippen MR) is 80.4 cm³/mol. The minimum atomic E-state index is -0.337. The minimum Gasteiger partial charge on any atom is -0.423 e. The van der Waals surface area contributed by atoms with Crippen LogP contribution in [-0.4, -0.2) is 5.97 Å². The average Bonchev–Trinajstić information content (AvgIpc) is 2.48. The van der Waals surface area contributed by atoms with Gasteiger partial charge in [-0.2, -0.15) is 0 Å². The molecule has 0 saturated carbocycles. The van der Waals surface area contributed by atoms with Gasteiger partial charge in [-0.1, -0.05) is 48.5 Å². The minimum absolute atomic E-state index is 0. The summed E-state index contributed by atoms with van der Waals surface area (Å²) >= 11 is 0. The second-order valence-corrected chi connectivity index (χ2v) is 4.26. The van der Waals surface area contributed by atoms with E-state index in [2.05, 4.69) is 0 Å². The zero-order valence-electron chi connectivity index (χ0n) is 11.0. The number of benzene rings is 3. The second-order valence-electron chi connectivity index (χ2n) is 4.26. The fourth-order valence-corrected chi connectivity index (χ4v) is 1.97. The Bertz CT molecular complexity index is 723. The van der Waals surface area contributed by atoms with E-state index in [1.807, 2.05) is 60.7 Å². The smallest absolute Gasteiger partial charge is 0.343 e. The number of hydrogen-bond donors (Lipinski definition) is 1. The fraction of sp³-hybridized carbons (Fsp3) is 0. The highest BCUT2D eigenvalue weighted by atomic mass is 16.5. The van der Waals surface area contributed by atoms with E-state index in [4.69, 9.17) is 4.74 Å². The Labute approximate surface area is 117 Å². The lowest BCUT2D eigenvalue weighted by Gasteiger charge is -2.05. The van der Waals surface area contributed by atoms with E-state index in [9.17, 15) is 4.79 Å². The van der Waals surface area contributed by atoms with Crippen LogP contribution in [0.25, 0.3) is 10.8 Å². The number of ether oxygens (including phenoxy) is 1. The van der Waals surface area contributed by atoms with Gasteiger partial charge in [0.25, 0.3) is 0 Å². The third-order valence-corrected chi connectivity index (χ3v) is 2.94. The molecule has 0 aliphatic rings. The molecule has 0 amide bonds. The van der Waals surface area contributed by atoms with Crippen molar-refractivity contribution in [2.75, 3.05) is 0 Å². The lowest BCUT2D eigenvalue weighted by molar-refractivity contribution is 0.0735. The third kappa shape index (κ3) is 2.84. The number of carbonyl (C=O) groups excluding carboxylic acids is 1. The van der Waals surface area contributed by atoms with E-state index in [1.165, 1.54) is 0 Å². The van der Waals surface area contributed by atoms with Crippen molar-refractivity contribution in [1.82, 2.24) is 6.15 Å². The van der Waals surface area contributed by atoms with Crippen LogP contribution in [0.1, 0.15) is 10.4 Å². The highest BCUT2D eigenvalue weighted by molar-refractivity contribution is 5.92. The molecule has 0 radical (unpaired) electrons. The lowest BCUT2D eigenvalue weighted by Crippen LogP contribution is -2.07. The van der Waals surface area contributed by atoms with E-state index in [0.29, 0.717) is 11.3 Å². The first kappa shape index (κ1) is 13.8. The summed E-state index contributed by atoms with van der Waals surface area (Å²) in [6, 6.07) is 22.6. The summed E-state index contributed by atoms with van der Waals surface area (Å²) in [4.78, 5) is 11.9. The van der Waals surface area contributed by atoms with Crippen LogP contribution in [0.4, 0.5) is 0 Å². The molecule has 3 nitrogen and oxygen atoms in total. The van der Waals surface area contributed by atoms with Gasteiger partial charge in [-0.3, -0.25) is 0 Å². The Hall–Kier alpha value is -2.65. The summed E-state index contributed by atoms with van der Waals surface area (Å²) < 4.78 is 5.37. The van der Waals surface area contributed by atoms with Gasteiger partial charge in [-0.25, -0.2) is 4.79 Å².